The number of hydrogen-bond donors (Lipinski definition) is 1. The monoisotopic (exact) mass is 284 g/mol. The second-order valence-corrected chi connectivity index (χ2v) is 6.38. The molecule has 1 aromatic rings. The molecule has 0 atom stereocenters. The molecule has 0 radical (unpaired) electrons. The van der Waals surface area contributed by atoms with Crippen molar-refractivity contribution in [3.05, 3.63) is 40.3 Å². The van der Waals surface area contributed by atoms with Gasteiger partial charge in [-0.3, -0.25) is 0 Å². The molecule has 0 unspecified atom stereocenters. The predicted octanol–water partition coefficient (Wildman–Crippen LogP) is 5.28. The molecule has 0 bridgehead atoms. The molecule has 0 aliphatic rings. The number of aliphatic hydroxyl groups is 1. The van der Waals surface area contributed by atoms with Gasteiger partial charge in [0, 0.05) is 14.8 Å². The predicted molar refractivity (Wildman–Crippen MR) is 81.2 cm³/mol. The van der Waals surface area contributed by atoms with Gasteiger partial charge in [-0.2, -0.15) is 0 Å². The van der Waals surface area contributed by atoms with E-state index in [1.807, 2.05) is 38.1 Å². The third kappa shape index (κ3) is 5.47. The molecule has 100 valence electrons. The van der Waals surface area contributed by atoms with Crippen LogP contribution < -0.4 is 0 Å². The molecule has 0 saturated heterocycles. The summed E-state index contributed by atoms with van der Waals surface area (Å²) in [7, 11) is 0. The molecule has 1 N–H and O–H groups in total. The molecule has 0 saturated carbocycles. The Labute approximate surface area is 119 Å². The van der Waals surface area contributed by atoms with Gasteiger partial charge in [0.25, 0.3) is 0 Å². The fraction of sp³-hybridized carbons (Fsp3) is 0.467. The SMILES string of the molecule is CCCC/C=C(/Sc1ccc(Cl)cc1)C(C)(C)O. The van der Waals surface area contributed by atoms with E-state index in [2.05, 4.69) is 13.0 Å². The highest BCUT2D eigenvalue weighted by Gasteiger charge is 2.20. The summed E-state index contributed by atoms with van der Waals surface area (Å²) in [4.78, 5) is 2.10. The fourth-order valence-electron chi connectivity index (χ4n) is 1.48. The largest absolute Gasteiger partial charge is 0.385 e. The lowest BCUT2D eigenvalue weighted by atomic mass is 10.1. The van der Waals surface area contributed by atoms with Crippen LogP contribution in [0.15, 0.2) is 40.1 Å². The second kappa shape index (κ2) is 7.22. The van der Waals surface area contributed by atoms with Crippen molar-refractivity contribution in [2.75, 3.05) is 0 Å². The second-order valence-electron chi connectivity index (χ2n) is 4.83. The Balaban J connectivity index is 2.78. The normalized spacial score (nSPS) is 12.8. The minimum atomic E-state index is -0.794. The van der Waals surface area contributed by atoms with Crippen LogP contribution in [0.25, 0.3) is 0 Å². The van der Waals surface area contributed by atoms with Gasteiger partial charge in [0.05, 0.1) is 5.60 Å². The first-order chi connectivity index (χ1) is 8.43. The average molecular weight is 285 g/mol. The zero-order chi connectivity index (χ0) is 13.6. The van der Waals surface area contributed by atoms with Crippen LogP contribution in [0.2, 0.25) is 5.02 Å². The number of unbranched alkanes of at least 4 members (excludes halogenated alkanes) is 2. The summed E-state index contributed by atoms with van der Waals surface area (Å²) < 4.78 is 0. The average Bonchev–Trinajstić information content (AvgIpc) is 2.29. The Kier molecular flexibility index (Phi) is 6.27. The zero-order valence-corrected chi connectivity index (χ0v) is 12.8. The van der Waals surface area contributed by atoms with Gasteiger partial charge in [0.15, 0.2) is 0 Å². The van der Waals surface area contributed by atoms with Gasteiger partial charge < -0.3 is 5.11 Å². The maximum Gasteiger partial charge on any atom is 0.0898 e. The summed E-state index contributed by atoms with van der Waals surface area (Å²) in [5.41, 5.74) is -0.794. The van der Waals surface area contributed by atoms with E-state index in [9.17, 15) is 5.11 Å². The van der Waals surface area contributed by atoms with Crippen molar-refractivity contribution in [3.63, 3.8) is 0 Å². The molecule has 0 fully saturated rings. The van der Waals surface area contributed by atoms with E-state index in [0.717, 1.165) is 27.7 Å². The van der Waals surface area contributed by atoms with E-state index in [1.54, 1.807) is 11.8 Å². The Morgan fingerprint density at radius 3 is 2.44 bits per heavy atom. The van der Waals surface area contributed by atoms with Crippen molar-refractivity contribution in [3.8, 4) is 0 Å². The zero-order valence-electron chi connectivity index (χ0n) is 11.2. The third-order valence-electron chi connectivity index (χ3n) is 2.53. The van der Waals surface area contributed by atoms with Gasteiger partial charge in [-0.1, -0.05) is 49.2 Å². The standard InChI is InChI=1S/C15H21ClOS/c1-4-5-6-7-14(15(2,3)17)18-13-10-8-12(16)9-11-13/h7-11,17H,4-6H2,1-3H3/b14-7+. The first kappa shape index (κ1) is 15.6. The number of halogens is 1. The maximum absolute atomic E-state index is 10.2. The summed E-state index contributed by atoms with van der Waals surface area (Å²) in [5.74, 6) is 0. The van der Waals surface area contributed by atoms with Gasteiger partial charge in [0.1, 0.15) is 0 Å². The maximum atomic E-state index is 10.2. The van der Waals surface area contributed by atoms with Crippen molar-refractivity contribution >= 4 is 23.4 Å². The molecular formula is C15H21ClOS. The Hall–Kier alpha value is -0.440. The number of allylic oxidation sites excluding steroid dienone is 1. The summed E-state index contributed by atoms with van der Waals surface area (Å²) in [6.07, 6.45) is 5.47. The lowest BCUT2D eigenvalue weighted by Gasteiger charge is -2.21. The van der Waals surface area contributed by atoms with Crippen molar-refractivity contribution < 1.29 is 5.11 Å². The lowest BCUT2D eigenvalue weighted by Crippen LogP contribution is -2.20. The van der Waals surface area contributed by atoms with Gasteiger partial charge in [-0.15, -0.1) is 0 Å². The van der Waals surface area contributed by atoms with Crippen molar-refractivity contribution in [1.82, 2.24) is 0 Å². The Morgan fingerprint density at radius 1 is 1.33 bits per heavy atom. The molecule has 0 aliphatic heterocycles. The summed E-state index contributed by atoms with van der Waals surface area (Å²) in [6, 6.07) is 7.70. The topological polar surface area (TPSA) is 20.2 Å². The molecule has 0 amide bonds. The number of benzene rings is 1. The molecule has 0 spiro atoms. The first-order valence-electron chi connectivity index (χ1n) is 6.30. The summed E-state index contributed by atoms with van der Waals surface area (Å²) >= 11 is 7.47. The van der Waals surface area contributed by atoms with Crippen LogP contribution in [0, 0.1) is 0 Å². The third-order valence-corrected chi connectivity index (χ3v) is 4.18. The van der Waals surface area contributed by atoms with Gasteiger partial charge >= 0.3 is 0 Å². The molecule has 3 heteroatoms. The highest BCUT2D eigenvalue weighted by atomic mass is 35.5. The molecule has 0 aromatic heterocycles. The van der Waals surface area contributed by atoms with Crippen LogP contribution in [0.1, 0.15) is 40.0 Å². The van der Waals surface area contributed by atoms with Crippen molar-refractivity contribution in [1.29, 1.82) is 0 Å². The van der Waals surface area contributed by atoms with Gasteiger partial charge in [0.2, 0.25) is 0 Å². The lowest BCUT2D eigenvalue weighted by molar-refractivity contribution is 0.128. The van der Waals surface area contributed by atoms with Crippen LogP contribution >= 0.6 is 23.4 Å². The molecule has 18 heavy (non-hydrogen) atoms. The molecular weight excluding hydrogens is 264 g/mol. The Morgan fingerprint density at radius 2 is 1.94 bits per heavy atom. The highest BCUT2D eigenvalue weighted by molar-refractivity contribution is 8.03. The quantitative estimate of drug-likeness (QED) is 0.567. The molecule has 0 heterocycles. The smallest absolute Gasteiger partial charge is 0.0898 e. The van der Waals surface area contributed by atoms with E-state index in [4.69, 9.17) is 11.6 Å². The summed E-state index contributed by atoms with van der Waals surface area (Å²) in [5, 5.41) is 10.9. The van der Waals surface area contributed by atoms with E-state index in [-0.39, 0.29) is 0 Å². The van der Waals surface area contributed by atoms with E-state index in [1.165, 1.54) is 6.42 Å². The fourth-order valence-corrected chi connectivity index (χ4v) is 2.59. The van der Waals surface area contributed by atoms with Crippen molar-refractivity contribution in [2.45, 2.75) is 50.5 Å². The van der Waals surface area contributed by atoms with Gasteiger partial charge in [-0.25, -0.2) is 0 Å². The number of hydrogen-bond acceptors (Lipinski definition) is 2. The van der Waals surface area contributed by atoms with Crippen molar-refractivity contribution in [2.24, 2.45) is 0 Å². The first-order valence-corrected chi connectivity index (χ1v) is 7.49. The van der Waals surface area contributed by atoms with E-state index < -0.39 is 5.60 Å². The van der Waals surface area contributed by atoms with Crippen LogP contribution in [0.5, 0.6) is 0 Å². The minimum absolute atomic E-state index is 0.735. The molecule has 1 rings (SSSR count). The number of thioether (sulfide) groups is 1. The summed E-state index contributed by atoms with van der Waals surface area (Å²) in [6.45, 7) is 5.82. The van der Waals surface area contributed by atoms with E-state index in [0.29, 0.717) is 0 Å². The number of rotatable bonds is 6. The molecule has 1 nitrogen and oxygen atoms in total. The highest BCUT2D eigenvalue weighted by Crippen LogP contribution is 2.35. The van der Waals surface area contributed by atoms with Crippen LogP contribution in [0.3, 0.4) is 0 Å². The van der Waals surface area contributed by atoms with E-state index >= 15 is 0 Å². The van der Waals surface area contributed by atoms with Gasteiger partial charge in [-0.05, 0) is 44.5 Å². The Bertz CT molecular complexity index is 390. The van der Waals surface area contributed by atoms with Crippen LogP contribution in [-0.2, 0) is 0 Å². The molecule has 0 aliphatic carbocycles. The van der Waals surface area contributed by atoms with Crippen LogP contribution in [-0.4, -0.2) is 10.7 Å². The minimum Gasteiger partial charge on any atom is -0.385 e. The van der Waals surface area contributed by atoms with Crippen LogP contribution in [0.4, 0.5) is 0 Å². The molecule has 1 aromatic carbocycles.